The molecule has 1 rings (SSSR count). The van der Waals surface area contributed by atoms with Gasteiger partial charge in [0, 0.05) is 0 Å². The molecule has 4 nitrogen and oxygen atoms in total. The van der Waals surface area contributed by atoms with E-state index in [0.29, 0.717) is 0 Å². The lowest BCUT2D eigenvalue weighted by atomic mass is 10.1. The van der Waals surface area contributed by atoms with Gasteiger partial charge in [0.15, 0.2) is 0 Å². The van der Waals surface area contributed by atoms with Gasteiger partial charge >= 0.3 is 5.97 Å². The standard InChI is InChI=1S/C9H8BrF2NO3/c1-16-9-7(8(11)12)4(3-6(14)15)2-5(10)13-9/h2,8H,3H2,1H3,(H,14,15). The van der Waals surface area contributed by atoms with Gasteiger partial charge in [-0.05, 0) is 27.6 Å². The minimum Gasteiger partial charge on any atom is -0.481 e. The quantitative estimate of drug-likeness (QED) is 0.867. The summed E-state index contributed by atoms with van der Waals surface area (Å²) in [6, 6.07) is 1.25. The van der Waals surface area contributed by atoms with Gasteiger partial charge in [-0.3, -0.25) is 4.79 Å². The number of pyridine rings is 1. The van der Waals surface area contributed by atoms with Gasteiger partial charge in [-0.1, -0.05) is 0 Å². The molecule has 16 heavy (non-hydrogen) atoms. The van der Waals surface area contributed by atoms with Crippen LogP contribution < -0.4 is 4.74 Å². The van der Waals surface area contributed by atoms with E-state index in [1.54, 1.807) is 0 Å². The number of rotatable bonds is 4. The molecule has 0 amide bonds. The van der Waals surface area contributed by atoms with E-state index >= 15 is 0 Å². The molecule has 1 N–H and O–H groups in total. The molecule has 0 atom stereocenters. The molecule has 1 heterocycles. The Morgan fingerprint density at radius 3 is 2.75 bits per heavy atom. The molecule has 0 unspecified atom stereocenters. The Hall–Kier alpha value is -1.24. The Morgan fingerprint density at radius 1 is 1.69 bits per heavy atom. The van der Waals surface area contributed by atoms with E-state index in [-0.39, 0.29) is 16.0 Å². The zero-order valence-electron chi connectivity index (χ0n) is 8.21. The van der Waals surface area contributed by atoms with Crippen molar-refractivity contribution in [1.82, 2.24) is 4.98 Å². The molecule has 0 aliphatic rings. The van der Waals surface area contributed by atoms with Crippen LogP contribution in [0, 0.1) is 0 Å². The Bertz CT molecular complexity index is 412. The lowest BCUT2D eigenvalue weighted by Crippen LogP contribution is -2.07. The van der Waals surface area contributed by atoms with Crippen LogP contribution in [0.4, 0.5) is 8.78 Å². The maximum Gasteiger partial charge on any atom is 0.307 e. The van der Waals surface area contributed by atoms with E-state index in [1.165, 1.54) is 13.2 Å². The number of hydrogen-bond donors (Lipinski definition) is 1. The highest BCUT2D eigenvalue weighted by molar-refractivity contribution is 9.10. The second kappa shape index (κ2) is 5.20. The molecule has 0 aliphatic heterocycles. The van der Waals surface area contributed by atoms with Gasteiger partial charge in [0.1, 0.15) is 4.60 Å². The Morgan fingerprint density at radius 2 is 2.31 bits per heavy atom. The normalized spacial score (nSPS) is 10.6. The Kier molecular flexibility index (Phi) is 4.17. The molecule has 0 radical (unpaired) electrons. The number of carboxylic acids is 1. The third-order valence-corrected chi connectivity index (χ3v) is 2.24. The molecular formula is C9H8BrF2NO3. The summed E-state index contributed by atoms with van der Waals surface area (Å²) < 4.78 is 30.4. The fourth-order valence-corrected chi connectivity index (χ4v) is 1.68. The van der Waals surface area contributed by atoms with E-state index in [4.69, 9.17) is 9.84 Å². The summed E-state index contributed by atoms with van der Waals surface area (Å²) in [4.78, 5) is 14.2. The minimum atomic E-state index is -2.83. The summed E-state index contributed by atoms with van der Waals surface area (Å²) in [5.41, 5.74) is -0.491. The molecule has 0 fully saturated rings. The van der Waals surface area contributed by atoms with Gasteiger partial charge in [-0.2, -0.15) is 0 Å². The van der Waals surface area contributed by atoms with Gasteiger partial charge in [-0.15, -0.1) is 0 Å². The highest BCUT2D eigenvalue weighted by Gasteiger charge is 2.22. The first-order valence-corrected chi connectivity index (χ1v) is 4.98. The number of carbonyl (C=O) groups is 1. The van der Waals surface area contributed by atoms with Gasteiger partial charge < -0.3 is 9.84 Å². The van der Waals surface area contributed by atoms with Crippen molar-refractivity contribution in [1.29, 1.82) is 0 Å². The fraction of sp³-hybridized carbons (Fsp3) is 0.333. The number of aliphatic carboxylic acids is 1. The summed E-state index contributed by atoms with van der Waals surface area (Å²) in [7, 11) is 1.20. The number of halogens is 3. The van der Waals surface area contributed by atoms with Crippen LogP contribution in [-0.4, -0.2) is 23.2 Å². The number of aromatic nitrogens is 1. The number of nitrogens with zero attached hydrogens (tertiary/aromatic N) is 1. The molecule has 88 valence electrons. The van der Waals surface area contributed by atoms with E-state index < -0.39 is 24.4 Å². The number of carboxylic acid groups (broad SMARTS) is 1. The molecule has 1 aromatic heterocycles. The van der Waals surface area contributed by atoms with E-state index in [0.717, 1.165) is 0 Å². The average molecular weight is 296 g/mol. The number of methoxy groups -OCH3 is 1. The zero-order valence-corrected chi connectivity index (χ0v) is 9.79. The molecule has 0 saturated carbocycles. The van der Waals surface area contributed by atoms with Crippen LogP contribution >= 0.6 is 15.9 Å². The first-order chi connectivity index (χ1) is 7.45. The molecule has 0 spiro atoms. The van der Waals surface area contributed by atoms with Crippen LogP contribution in [0.1, 0.15) is 17.6 Å². The zero-order chi connectivity index (χ0) is 12.3. The first kappa shape index (κ1) is 12.8. The van der Waals surface area contributed by atoms with Crippen molar-refractivity contribution < 1.29 is 23.4 Å². The van der Waals surface area contributed by atoms with Gasteiger partial charge in [-0.25, -0.2) is 13.8 Å². The van der Waals surface area contributed by atoms with Crippen LogP contribution in [-0.2, 0) is 11.2 Å². The predicted molar refractivity (Wildman–Crippen MR) is 54.8 cm³/mol. The molecule has 0 aromatic carbocycles. The number of hydrogen-bond acceptors (Lipinski definition) is 3. The molecule has 0 bridgehead atoms. The van der Waals surface area contributed by atoms with Gasteiger partial charge in [0.05, 0.1) is 19.1 Å². The molecule has 0 saturated heterocycles. The Labute approximate surface area is 98.4 Å². The van der Waals surface area contributed by atoms with Crippen molar-refractivity contribution >= 4 is 21.9 Å². The Balaban J connectivity index is 3.32. The highest BCUT2D eigenvalue weighted by Crippen LogP contribution is 2.32. The lowest BCUT2D eigenvalue weighted by Gasteiger charge is -2.11. The van der Waals surface area contributed by atoms with Crippen molar-refractivity contribution in [3.8, 4) is 5.88 Å². The topological polar surface area (TPSA) is 59.4 Å². The second-order valence-electron chi connectivity index (χ2n) is 2.90. The minimum absolute atomic E-state index is 0.0128. The SMILES string of the molecule is COc1nc(Br)cc(CC(=O)O)c1C(F)F. The van der Waals surface area contributed by atoms with E-state index in [1.807, 2.05) is 0 Å². The van der Waals surface area contributed by atoms with Gasteiger partial charge in [0.2, 0.25) is 5.88 Å². The highest BCUT2D eigenvalue weighted by atomic mass is 79.9. The van der Waals surface area contributed by atoms with Crippen LogP contribution in [0.3, 0.4) is 0 Å². The monoisotopic (exact) mass is 295 g/mol. The lowest BCUT2D eigenvalue weighted by molar-refractivity contribution is -0.136. The predicted octanol–water partition coefficient (Wildman–Crippen LogP) is 2.42. The van der Waals surface area contributed by atoms with Crippen LogP contribution in [0.15, 0.2) is 10.7 Å². The van der Waals surface area contributed by atoms with Crippen molar-refractivity contribution in [2.24, 2.45) is 0 Å². The van der Waals surface area contributed by atoms with Crippen LogP contribution in [0.25, 0.3) is 0 Å². The molecule has 1 aromatic rings. The maximum atomic E-state index is 12.7. The average Bonchev–Trinajstić information content (AvgIpc) is 2.14. The van der Waals surface area contributed by atoms with Crippen molar-refractivity contribution in [2.75, 3.05) is 7.11 Å². The summed E-state index contributed by atoms with van der Waals surface area (Å²) in [5.74, 6) is -1.46. The smallest absolute Gasteiger partial charge is 0.307 e. The van der Waals surface area contributed by atoms with Crippen molar-refractivity contribution in [3.05, 3.63) is 21.8 Å². The van der Waals surface area contributed by atoms with Crippen molar-refractivity contribution in [2.45, 2.75) is 12.8 Å². The van der Waals surface area contributed by atoms with Crippen LogP contribution in [0.2, 0.25) is 0 Å². The van der Waals surface area contributed by atoms with E-state index in [2.05, 4.69) is 20.9 Å². The third-order valence-electron chi connectivity index (χ3n) is 1.83. The fourth-order valence-electron chi connectivity index (χ4n) is 1.25. The second-order valence-corrected chi connectivity index (χ2v) is 3.71. The summed E-state index contributed by atoms with van der Waals surface area (Å²) >= 11 is 3.00. The molecular weight excluding hydrogens is 288 g/mol. The number of alkyl halides is 2. The third kappa shape index (κ3) is 2.88. The van der Waals surface area contributed by atoms with Crippen molar-refractivity contribution in [3.63, 3.8) is 0 Å². The van der Waals surface area contributed by atoms with Gasteiger partial charge in [0.25, 0.3) is 6.43 Å². The van der Waals surface area contributed by atoms with E-state index in [9.17, 15) is 13.6 Å². The summed E-state index contributed by atoms with van der Waals surface area (Å²) in [5, 5.41) is 8.61. The molecule has 7 heteroatoms. The molecule has 0 aliphatic carbocycles. The largest absolute Gasteiger partial charge is 0.481 e. The maximum absolute atomic E-state index is 12.7. The summed E-state index contributed by atoms with van der Waals surface area (Å²) in [6.45, 7) is 0. The van der Waals surface area contributed by atoms with Crippen LogP contribution in [0.5, 0.6) is 5.88 Å². The summed E-state index contributed by atoms with van der Waals surface area (Å²) in [6.07, 6.45) is -3.33. The first-order valence-electron chi connectivity index (χ1n) is 4.19. The number of ether oxygens (including phenoxy) is 1.